The second kappa shape index (κ2) is 60.7. The average Bonchev–Trinajstić information content (AvgIpc) is 3.71. The monoisotopic (exact) mass is 1320 g/mol. The Morgan fingerprint density at radius 2 is 0.533 bits per heavy atom. The molecule has 0 fully saturated rings. The highest BCUT2D eigenvalue weighted by Crippen LogP contribution is 2.45. The number of carbonyl (C=O) groups is 4. The van der Waals surface area contributed by atoms with Crippen LogP contribution in [-0.2, 0) is 65.4 Å². The van der Waals surface area contributed by atoms with E-state index in [0.29, 0.717) is 31.6 Å². The Bertz CT molecular complexity index is 1780. The minimum absolute atomic E-state index is 0.104. The molecule has 0 spiro atoms. The van der Waals surface area contributed by atoms with Crippen LogP contribution in [0.1, 0.15) is 351 Å². The molecule has 90 heavy (non-hydrogen) atoms. The van der Waals surface area contributed by atoms with Crippen molar-refractivity contribution in [3.8, 4) is 0 Å². The number of unbranched alkanes of at least 4 members (excludes halogenated alkanes) is 33. The number of hydrogen-bond donors (Lipinski definition) is 3. The van der Waals surface area contributed by atoms with Crippen LogP contribution in [0.2, 0.25) is 0 Å². The minimum atomic E-state index is -4.95. The first kappa shape index (κ1) is 88.1. The fourth-order valence-corrected chi connectivity index (χ4v) is 12.2. The number of ether oxygens (including phenoxy) is 4. The number of phosphoric acid groups is 2. The zero-order valence-corrected chi connectivity index (χ0v) is 60.6. The van der Waals surface area contributed by atoms with Crippen molar-refractivity contribution in [1.82, 2.24) is 0 Å². The molecule has 0 aliphatic carbocycles. The second-order valence-corrected chi connectivity index (χ2v) is 30.2. The summed E-state index contributed by atoms with van der Waals surface area (Å²) in [6.07, 6.45) is 43.1. The van der Waals surface area contributed by atoms with Gasteiger partial charge in [-0.25, -0.2) is 9.13 Å². The Balaban J connectivity index is 5.25. The molecule has 534 valence electrons. The maximum Gasteiger partial charge on any atom is 0.472 e. The number of esters is 4. The molecule has 0 aliphatic heterocycles. The van der Waals surface area contributed by atoms with Crippen LogP contribution in [0, 0.1) is 23.7 Å². The van der Waals surface area contributed by atoms with Gasteiger partial charge in [0.15, 0.2) is 12.2 Å². The smallest absolute Gasteiger partial charge is 0.462 e. The summed E-state index contributed by atoms with van der Waals surface area (Å²) in [5, 5.41) is 10.6. The van der Waals surface area contributed by atoms with Gasteiger partial charge in [0.2, 0.25) is 0 Å². The highest BCUT2D eigenvalue weighted by molar-refractivity contribution is 7.47. The number of hydrogen-bond acceptors (Lipinski definition) is 15. The van der Waals surface area contributed by atoms with Crippen LogP contribution in [0.5, 0.6) is 0 Å². The van der Waals surface area contributed by atoms with E-state index >= 15 is 0 Å². The highest BCUT2D eigenvalue weighted by atomic mass is 31.2. The normalized spacial score (nSPS) is 14.6. The van der Waals surface area contributed by atoms with E-state index in [4.69, 9.17) is 37.0 Å². The lowest BCUT2D eigenvalue weighted by Crippen LogP contribution is -2.30. The molecule has 0 aromatic heterocycles. The molecule has 3 N–H and O–H groups in total. The molecule has 0 bridgehead atoms. The molecule has 0 aliphatic rings. The van der Waals surface area contributed by atoms with Crippen molar-refractivity contribution in [2.45, 2.75) is 369 Å². The lowest BCUT2D eigenvalue weighted by Gasteiger charge is -2.21. The van der Waals surface area contributed by atoms with Crippen molar-refractivity contribution in [2.24, 2.45) is 23.7 Å². The standard InChI is InChI=1S/C71H138O17P2/c1-9-64(8)50-42-34-26-20-21-27-35-43-51-68(73)81-57-66(88-71(76)54-46-38-29-19-15-17-24-32-40-48-62(4)5)59-85-89(77,78)83-55-65(72)56-84-90(79,80)86-60-67(58-82-69(74)52-44-36-30-22-25-33-41-49-63(6)7)87-70(75)53-45-37-28-18-14-12-10-11-13-16-23-31-39-47-61(2)3/h61-67,72H,9-60H2,1-8H3,(H,77,78)(H,79,80)/t64?,65?,66-,67-/m1/s1. The third-order valence-corrected chi connectivity index (χ3v) is 18.6. The molecule has 0 saturated heterocycles. The first-order valence-electron chi connectivity index (χ1n) is 36.7. The van der Waals surface area contributed by atoms with Gasteiger partial charge in [0.05, 0.1) is 26.4 Å². The molecule has 0 saturated carbocycles. The molecular weight excluding hydrogens is 1190 g/mol. The van der Waals surface area contributed by atoms with Gasteiger partial charge in [0, 0.05) is 25.7 Å². The van der Waals surface area contributed by atoms with Crippen LogP contribution < -0.4 is 0 Å². The van der Waals surface area contributed by atoms with Crippen molar-refractivity contribution in [2.75, 3.05) is 39.6 Å². The number of aliphatic hydroxyl groups is 1. The van der Waals surface area contributed by atoms with E-state index in [-0.39, 0.29) is 25.7 Å². The van der Waals surface area contributed by atoms with Gasteiger partial charge in [-0.1, -0.05) is 299 Å². The number of aliphatic hydroxyl groups excluding tert-OH is 1. The summed E-state index contributed by atoms with van der Waals surface area (Å²) in [6, 6.07) is 0. The third kappa shape index (κ3) is 63.5. The van der Waals surface area contributed by atoms with E-state index < -0.39 is 97.5 Å². The van der Waals surface area contributed by atoms with Crippen molar-refractivity contribution in [3.05, 3.63) is 0 Å². The summed E-state index contributed by atoms with van der Waals surface area (Å²) in [7, 11) is -9.90. The third-order valence-electron chi connectivity index (χ3n) is 16.7. The summed E-state index contributed by atoms with van der Waals surface area (Å²) < 4.78 is 68.3. The molecule has 0 rings (SSSR count). The largest absolute Gasteiger partial charge is 0.472 e. The summed E-state index contributed by atoms with van der Waals surface area (Å²) in [5.41, 5.74) is 0. The van der Waals surface area contributed by atoms with Crippen LogP contribution >= 0.6 is 15.6 Å². The van der Waals surface area contributed by atoms with Gasteiger partial charge in [0.1, 0.15) is 19.3 Å². The van der Waals surface area contributed by atoms with Crippen LogP contribution in [0.3, 0.4) is 0 Å². The Hall–Kier alpha value is -1.94. The molecule has 0 aromatic carbocycles. The van der Waals surface area contributed by atoms with Crippen LogP contribution in [0.25, 0.3) is 0 Å². The number of carbonyl (C=O) groups excluding carboxylic acids is 4. The highest BCUT2D eigenvalue weighted by Gasteiger charge is 2.30. The lowest BCUT2D eigenvalue weighted by atomic mass is 9.99. The molecule has 4 unspecified atom stereocenters. The predicted octanol–water partition coefficient (Wildman–Crippen LogP) is 20.1. The first-order chi connectivity index (χ1) is 43.1. The van der Waals surface area contributed by atoms with Gasteiger partial charge in [-0.15, -0.1) is 0 Å². The van der Waals surface area contributed by atoms with E-state index in [1.807, 2.05) is 0 Å². The van der Waals surface area contributed by atoms with E-state index in [1.54, 1.807) is 0 Å². The fraction of sp³-hybridized carbons (Fsp3) is 0.944. The van der Waals surface area contributed by atoms with Gasteiger partial charge in [-0.2, -0.15) is 0 Å². The molecule has 19 heteroatoms. The molecular formula is C71H138O17P2. The molecule has 17 nitrogen and oxygen atoms in total. The van der Waals surface area contributed by atoms with E-state index in [9.17, 15) is 43.2 Å². The summed E-state index contributed by atoms with van der Waals surface area (Å²) in [6.45, 7) is 14.1. The maximum absolute atomic E-state index is 13.0. The number of phosphoric ester groups is 2. The summed E-state index contributed by atoms with van der Waals surface area (Å²) in [5.74, 6) is 0.876. The van der Waals surface area contributed by atoms with Crippen molar-refractivity contribution >= 4 is 39.5 Å². The maximum atomic E-state index is 13.0. The Kier molecular flexibility index (Phi) is 59.4. The first-order valence-corrected chi connectivity index (χ1v) is 39.7. The molecule has 0 aromatic rings. The van der Waals surface area contributed by atoms with Crippen LogP contribution in [0.15, 0.2) is 0 Å². The Morgan fingerprint density at radius 1 is 0.311 bits per heavy atom. The van der Waals surface area contributed by atoms with Gasteiger partial charge in [0.25, 0.3) is 0 Å². The SMILES string of the molecule is CCC(C)CCCCCCCCCCC(=O)OC[C@H](COP(=O)(O)OCC(O)COP(=O)(O)OC[C@@H](COC(=O)CCCCCCCCCC(C)C)OC(=O)CCCCCCCCCCCCCCCC(C)C)OC(=O)CCCCCCCCCCCC(C)C. The van der Waals surface area contributed by atoms with E-state index in [2.05, 4.69) is 55.4 Å². The van der Waals surface area contributed by atoms with Crippen LogP contribution in [0.4, 0.5) is 0 Å². The van der Waals surface area contributed by atoms with Gasteiger partial charge in [-0.05, 0) is 49.4 Å². The van der Waals surface area contributed by atoms with E-state index in [0.717, 1.165) is 114 Å². The predicted molar refractivity (Wildman–Crippen MR) is 363 cm³/mol. The van der Waals surface area contributed by atoms with E-state index in [1.165, 1.54) is 148 Å². The topological polar surface area (TPSA) is 237 Å². The zero-order valence-electron chi connectivity index (χ0n) is 58.8. The van der Waals surface area contributed by atoms with Crippen molar-refractivity contribution in [3.63, 3.8) is 0 Å². The summed E-state index contributed by atoms with van der Waals surface area (Å²) in [4.78, 5) is 72.6. The molecule has 6 atom stereocenters. The van der Waals surface area contributed by atoms with Crippen LogP contribution in [-0.4, -0.2) is 96.7 Å². The van der Waals surface area contributed by atoms with Crippen molar-refractivity contribution < 1.29 is 80.2 Å². The Morgan fingerprint density at radius 3 is 0.789 bits per heavy atom. The Labute approximate surface area is 549 Å². The van der Waals surface area contributed by atoms with Crippen molar-refractivity contribution in [1.29, 1.82) is 0 Å². The number of rotatable bonds is 68. The average molecular weight is 1330 g/mol. The van der Waals surface area contributed by atoms with Gasteiger partial charge < -0.3 is 33.8 Å². The zero-order chi connectivity index (χ0) is 66.8. The molecule has 0 amide bonds. The summed E-state index contributed by atoms with van der Waals surface area (Å²) >= 11 is 0. The molecule has 0 heterocycles. The minimum Gasteiger partial charge on any atom is -0.462 e. The quantitative estimate of drug-likeness (QED) is 0.0222. The van der Waals surface area contributed by atoms with Gasteiger partial charge in [-0.3, -0.25) is 37.3 Å². The van der Waals surface area contributed by atoms with Gasteiger partial charge >= 0.3 is 39.5 Å². The lowest BCUT2D eigenvalue weighted by molar-refractivity contribution is -0.161. The molecule has 0 radical (unpaired) electrons. The fourth-order valence-electron chi connectivity index (χ4n) is 10.6. The second-order valence-electron chi connectivity index (χ2n) is 27.3.